The van der Waals surface area contributed by atoms with Crippen LogP contribution in [0.3, 0.4) is 0 Å². The molecule has 2 rings (SSSR count). The number of nitrogens with zero attached hydrogens (tertiary/aromatic N) is 1. The van der Waals surface area contributed by atoms with Gasteiger partial charge >= 0.3 is 5.97 Å². The number of aromatic carboxylic acids is 1. The first-order chi connectivity index (χ1) is 9.63. The first-order valence-corrected chi connectivity index (χ1v) is 6.03. The maximum atomic E-state index is 10.7. The number of carbonyl (C=O) groups is 1. The molecule has 2 aromatic rings. The predicted molar refractivity (Wildman–Crippen MR) is 73.5 cm³/mol. The van der Waals surface area contributed by atoms with E-state index in [0.717, 1.165) is 11.1 Å². The molecule has 1 aromatic heterocycles. The van der Waals surface area contributed by atoms with Crippen LogP contribution in [0.4, 0.5) is 0 Å². The summed E-state index contributed by atoms with van der Waals surface area (Å²) >= 11 is 0. The van der Waals surface area contributed by atoms with Crippen molar-refractivity contribution in [3.8, 4) is 11.5 Å². The Bertz CT molecular complexity index is 608. The van der Waals surface area contributed by atoms with Crippen molar-refractivity contribution >= 4 is 5.97 Å². The largest absolute Gasteiger partial charge is 0.493 e. The molecule has 0 aliphatic heterocycles. The van der Waals surface area contributed by atoms with E-state index in [0.29, 0.717) is 17.9 Å². The minimum Gasteiger partial charge on any atom is -0.493 e. The van der Waals surface area contributed by atoms with E-state index in [2.05, 4.69) is 4.98 Å². The zero-order chi connectivity index (χ0) is 14.5. The van der Waals surface area contributed by atoms with Crippen LogP contribution in [0.25, 0.3) is 0 Å². The van der Waals surface area contributed by atoms with Crippen molar-refractivity contribution < 1.29 is 19.4 Å². The molecule has 0 aliphatic carbocycles. The number of benzene rings is 1. The van der Waals surface area contributed by atoms with Crippen LogP contribution in [-0.2, 0) is 6.42 Å². The van der Waals surface area contributed by atoms with Crippen molar-refractivity contribution in [2.45, 2.75) is 6.42 Å². The molecule has 5 nitrogen and oxygen atoms in total. The molecule has 0 bridgehead atoms. The normalized spacial score (nSPS) is 10.1. The van der Waals surface area contributed by atoms with Crippen LogP contribution in [0.15, 0.2) is 36.5 Å². The van der Waals surface area contributed by atoms with E-state index in [1.54, 1.807) is 26.5 Å². The van der Waals surface area contributed by atoms with Crippen LogP contribution >= 0.6 is 0 Å². The molecule has 20 heavy (non-hydrogen) atoms. The highest BCUT2D eigenvalue weighted by Crippen LogP contribution is 2.28. The second-order valence-corrected chi connectivity index (χ2v) is 4.22. The van der Waals surface area contributed by atoms with Crippen LogP contribution in [0.2, 0.25) is 0 Å². The molecule has 0 amide bonds. The molecular formula is C15H15NO4. The molecule has 0 saturated heterocycles. The lowest BCUT2D eigenvalue weighted by molar-refractivity contribution is 0.0690. The Hall–Kier alpha value is -2.56. The van der Waals surface area contributed by atoms with E-state index < -0.39 is 5.97 Å². The third-order valence-corrected chi connectivity index (χ3v) is 2.90. The lowest BCUT2D eigenvalue weighted by atomic mass is 10.1. The highest BCUT2D eigenvalue weighted by atomic mass is 16.5. The third-order valence-electron chi connectivity index (χ3n) is 2.90. The second-order valence-electron chi connectivity index (χ2n) is 4.22. The zero-order valence-electron chi connectivity index (χ0n) is 11.3. The number of hydrogen-bond acceptors (Lipinski definition) is 4. The number of aromatic nitrogens is 1. The molecule has 5 heteroatoms. The Morgan fingerprint density at radius 3 is 2.35 bits per heavy atom. The van der Waals surface area contributed by atoms with Crippen molar-refractivity contribution in [3.05, 3.63) is 53.3 Å². The summed E-state index contributed by atoms with van der Waals surface area (Å²) < 4.78 is 10.4. The predicted octanol–water partition coefficient (Wildman–Crippen LogP) is 2.39. The van der Waals surface area contributed by atoms with Crippen molar-refractivity contribution in [1.29, 1.82) is 0 Å². The molecule has 0 radical (unpaired) electrons. The van der Waals surface area contributed by atoms with Gasteiger partial charge in [0, 0.05) is 6.20 Å². The summed E-state index contributed by atoms with van der Waals surface area (Å²) in [5, 5.41) is 8.80. The number of methoxy groups -OCH3 is 2. The molecule has 0 unspecified atom stereocenters. The Kier molecular flexibility index (Phi) is 4.20. The monoisotopic (exact) mass is 273 g/mol. The summed E-state index contributed by atoms with van der Waals surface area (Å²) in [5.74, 6) is 0.318. The zero-order valence-corrected chi connectivity index (χ0v) is 11.3. The molecule has 0 fully saturated rings. The van der Waals surface area contributed by atoms with Gasteiger partial charge in [-0.15, -0.1) is 0 Å². The fourth-order valence-electron chi connectivity index (χ4n) is 1.88. The van der Waals surface area contributed by atoms with Crippen LogP contribution < -0.4 is 9.47 Å². The van der Waals surface area contributed by atoms with Gasteiger partial charge in [0.05, 0.1) is 14.2 Å². The van der Waals surface area contributed by atoms with Crippen molar-refractivity contribution in [1.82, 2.24) is 4.98 Å². The number of carboxylic acids is 1. The number of ether oxygens (including phenoxy) is 2. The molecule has 0 aliphatic rings. The topological polar surface area (TPSA) is 68.7 Å². The van der Waals surface area contributed by atoms with E-state index in [-0.39, 0.29) is 5.69 Å². The Morgan fingerprint density at radius 2 is 1.80 bits per heavy atom. The third kappa shape index (κ3) is 3.06. The molecule has 104 valence electrons. The number of hydrogen-bond donors (Lipinski definition) is 1. The van der Waals surface area contributed by atoms with Crippen molar-refractivity contribution in [2.75, 3.05) is 14.2 Å². The summed E-state index contributed by atoms with van der Waals surface area (Å²) in [7, 11) is 3.18. The van der Waals surface area contributed by atoms with E-state index >= 15 is 0 Å². The van der Waals surface area contributed by atoms with E-state index in [9.17, 15) is 4.79 Å². The summed E-state index contributed by atoms with van der Waals surface area (Å²) in [5.41, 5.74) is 2.01. The quantitative estimate of drug-likeness (QED) is 0.905. The van der Waals surface area contributed by atoms with Crippen molar-refractivity contribution in [3.63, 3.8) is 0 Å². The maximum absolute atomic E-state index is 10.7. The lowest BCUT2D eigenvalue weighted by Crippen LogP contribution is -2.00. The fourth-order valence-corrected chi connectivity index (χ4v) is 1.88. The molecule has 0 saturated carbocycles. The Labute approximate surface area is 116 Å². The van der Waals surface area contributed by atoms with Crippen molar-refractivity contribution in [2.24, 2.45) is 0 Å². The Morgan fingerprint density at radius 1 is 1.10 bits per heavy atom. The fraction of sp³-hybridized carbons (Fsp3) is 0.200. The summed E-state index contributed by atoms with van der Waals surface area (Å²) in [6.45, 7) is 0. The minimum atomic E-state index is -1.03. The second kappa shape index (κ2) is 6.06. The van der Waals surface area contributed by atoms with Gasteiger partial charge in [-0.2, -0.15) is 0 Å². The SMILES string of the molecule is COc1ccc(Cc2ccc(C(=O)O)nc2)cc1OC. The average molecular weight is 273 g/mol. The van der Waals surface area contributed by atoms with Gasteiger partial charge in [-0.1, -0.05) is 12.1 Å². The average Bonchev–Trinajstić information content (AvgIpc) is 2.47. The molecule has 1 aromatic carbocycles. The number of rotatable bonds is 5. The molecule has 0 spiro atoms. The van der Waals surface area contributed by atoms with E-state index in [1.165, 1.54) is 6.07 Å². The minimum absolute atomic E-state index is 0.0426. The van der Waals surface area contributed by atoms with Gasteiger partial charge in [0.2, 0.25) is 0 Å². The lowest BCUT2D eigenvalue weighted by Gasteiger charge is -2.09. The van der Waals surface area contributed by atoms with E-state index in [4.69, 9.17) is 14.6 Å². The smallest absolute Gasteiger partial charge is 0.354 e. The van der Waals surface area contributed by atoms with Gasteiger partial charge in [0.15, 0.2) is 11.5 Å². The maximum Gasteiger partial charge on any atom is 0.354 e. The van der Waals surface area contributed by atoms with Crippen LogP contribution in [-0.4, -0.2) is 30.3 Å². The van der Waals surface area contributed by atoms with E-state index in [1.807, 2.05) is 18.2 Å². The highest BCUT2D eigenvalue weighted by molar-refractivity contribution is 5.85. The van der Waals surface area contributed by atoms with Crippen LogP contribution in [0.1, 0.15) is 21.6 Å². The first-order valence-electron chi connectivity index (χ1n) is 6.03. The van der Waals surface area contributed by atoms with Crippen LogP contribution in [0.5, 0.6) is 11.5 Å². The standard InChI is InChI=1S/C15H15NO4/c1-19-13-6-4-10(8-14(13)20-2)7-11-3-5-12(15(17)18)16-9-11/h3-6,8-9H,7H2,1-2H3,(H,17,18). The summed E-state index contributed by atoms with van der Waals surface area (Å²) in [6, 6.07) is 8.93. The van der Waals surface area contributed by atoms with Gasteiger partial charge in [0.25, 0.3) is 0 Å². The van der Waals surface area contributed by atoms with Crippen LogP contribution in [0, 0.1) is 0 Å². The highest BCUT2D eigenvalue weighted by Gasteiger charge is 2.07. The first kappa shape index (κ1) is 13.9. The van der Waals surface area contributed by atoms with Gasteiger partial charge < -0.3 is 14.6 Å². The summed E-state index contributed by atoms with van der Waals surface area (Å²) in [6.07, 6.45) is 2.22. The summed E-state index contributed by atoms with van der Waals surface area (Å²) in [4.78, 5) is 14.6. The number of pyridine rings is 1. The van der Waals surface area contributed by atoms with Gasteiger partial charge in [-0.25, -0.2) is 9.78 Å². The molecule has 1 N–H and O–H groups in total. The molecule has 0 atom stereocenters. The van der Waals surface area contributed by atoms with Gasteiger partial charge in [0.1, 0.15) is 5.69 Å². The Balaban J connectivity index is 2.19. The molecule has 1 heterocycles. The van der Waals surface area contributed by atoms with Gasteiger partial charge in [-0.3, -0.25) is 0 Å². The molecular weight excluding hydrogens is 258 g/mol. The van der Waals surface area contributed by atoms with Gasteiger partial charge in [-0.05, 0) is 35.7 Å². The number of carboxylic acid groups (broad SMARTS) is 1.